The first-order chi connectivity index (χ1) is 7.07. The molecule has 1 aliphatic carbocycles. The first-order valence-corrected chi connectivity index (χ1v) is 6.18. The molecule has 1 saturated carbocycles. The van der Waals surface area contributed by atoms with Crippen molar-refractivity contribution in [1.29, 1.82) is 0 Å². The third kappa shape index (κ3) is 2.92. The van der Waals surface area contributed by atoms with Gasteiger partial charge in [-0.3, -0.25) is 4.90 Å². The summed E-state index contributed by atoms with van der Waals surface area (Å²) >= 11 is 0. The van der Waals surface area contributed by atoms with Crippen LogP contribution in [0.25, 0.3) is 0 Å². The maximum absolute atomic E-state index is 10.3. The van der Waals surface area contributed by atoms with Gasteiger partial charge in [-0.05, 0) is 26.7 Å². The van der Waals surface area contributed by atoms with Crippen LogP contribution in [-0.2, 0) is 4.74 Å². The molecule has 1 N–H and O–H groups in total. The molecule has 0 spiro atoms. The minimum absolute atomic E-state index is 0.304. The van der Waals surface area contributed by atoms with Crippen LogP contribution in [0.3, 0.4) is 0 Å². The SMILES string of the molecule is CC1CN(CC2(O)CCCC2)CC(C)O1. The molecule has 88 valence electrons. The van der Waals surface area contributed by atoms with E-state index in [0.29, 0.717) is 12.2 Å². The molecule has 0 aromatic carbocycles. The van der Waals surface area contributed by atoms with Gasteiger partial charge in [0.15, 0.2) is 0 Å². The highest BCUT2D eigenvalue weighted by atomic mass is 16.5. The smallest absolute Gasteiger partial charge is 0.0774 e. The van der Waals surface area contributed by atoms with Crippen molar-refractivity contribution in [3.05, 3.63) is 0 Å². The maximum atomic E-state index is 10.3. The zero-order valence-electron chi connectivity index (χ0n) is 9.91. The van der Waals surface area contributed by atoms with Gasteiger partial charge in [0.05, 0.1) is 17.8 Å². The minimum Gasteiger partial charge on any atom is -0.389 e. The second-order valence-electron chi connectivity index (χ2n) is 5.38. The number of hydrogen-bond donors (Lipinski definition) is 1. The van der Waals surface area contributed by atoms with Gasteiger partial charge in [-0.25, -0.2) is 0 Å². The Morgan fingerprint density at radius 1 is 1.20 bits per heavy atom. The third-order valence-corrected chi connectivity index (χ3v) is 3.55. The highest BCUT2D eigenvalue weighted by Crippen LogP contribution is 2.30. The molecular formula is C12H23NO2. The van der Waals surface area contributed by atoms with E-state index in [9.17, 15) is 5.11 Å². The topological polar surface area (TPSA) is 32.7 Å². The van der Waals surface area contributed by atoms with Crippen LogP contribution >= 0.6 is 0 Å². The van der Waals surface area contributed by atoms with Crippen molar-refractivity contribution in [2.45, 2.75) is 57.3 Å². The molecule has 3 heteroatoms. The first-order valence-electron chi connectivity index (χ1n) is 6.18. The average Bonchev–Trinajstić information content (AvgIpc) is 2.49. The lowest BCUT2D eigenvalue weighted by molar-refractivity contribution is -0.0907. The summed E-state index contributed by atoms with van der Waals surface area (Å²) in [6.45, 7) is 6.99. The van der Waals surface area contributed by atoms with Crippen LogP contribution in [0.5, 0.6) is 0 Å². The van der Waals surface area contributed by atoms with Gasteiger partial charge < -0.3 is 9.84 Å². The molecule has 0 amide bonds. The third-order valence-electron chi connectivity index (χ3n) is 3.55. The van der Waals surface area contributed by atoms with Crippen molar-refractivity contribution in [3.8, 4) is 0 Å². The van der Waals surface area contributed by atoms with Gasteiger partial charge in [-0.1, -0.05) is 12.8 Å². The summed E-state index contributed by atoms with van der Waals surface area (Å²) in [6.07, 6.45) is 4.94. The summed E-state index contributed by atoms with van der Waals surface area (Å²) in [5.41, 5.74) is -0.406. The van der Waals surface area contributed by atoms with Gasteiger partial charge in [0, 0.05) is 19.6 Å². The second-order valence-corrected chi connectivity index (χ2v) is 5.38. The van der Waals surface area contributed by atoms with Gasteiger partial charge >= 0.3 is 0 Å². The summed E-state index contributed by atoms with van der Waals surface area (Å²) in [5, 5.41) is 10.3. The van der Waals surface area contributed by atoms with Gasteiger partial charge in [0.25, 0.3) is 0 Å². The largest absolute Gasteiger partial charge is 0.389 e. The zero-order valence-corrected chi connectivity index (χ0v) is 9.91. The van der Waals surface area contributed by atoms with Gasteiger partial charge in [-0.15, -0.1) is 0 Å². The molecule has 2 aliphatic rings. The quantitative estimate of drug-likeness (QED) is 0.752. The molecule has 1 saturated heterocycles. The lowest BCUT2D eigenvalue weighted by atomic mass is 10.0. The number of nitrogens with zero attached hydrogens (tertiary/aromatic N) is 1. The van der Waals surface area contributed by atoms with E-state index in [1.165, 1.54) is 12.8 Å². The monoisotopic (exact) mass is 213 g/mol. The van der Waals surface area contributed by atoms with Crippen molar-refractivity contribution < 1.29 is 9.84 Å². The molecule has 2 atom stereocenters. The predicted octanol–water partition coefficient (Wildman–Crippen LogP) is 1.40. The summed E-state index contributed by atoms with van der Waals surface area (Å²) in [4.78, 5) is 2.37. The fourth-order valence-corrected chi connectivity index (χ4v) is 3.02. The summed E-state index contributed by atoms with van der Waals surface area (Å²) < 4.78 is 5.69. The Kier molecular flexibility index (Phi) is 3.33. The van der Waals surface area contributed by atoms with Gasteiger partial charge in [0.1, 0.15) is 0 Å². The molecule has 1 aliphatic heterocycles. The Labute approximate surface area is 92.4 Å². The summed E-state index contributed by atoms with van der Waals surface area (Å²) in [6, 6.07) is 0. The molecule has 15 heavy (non-hydrogen) atoms. The van der Waals surface area contributed by atoms with E-state index in [-0.39, 0.29) is 0 Å². The van der Waals surface area contributed by atoms with Crippen LogP contribution in [0, 0.1) is 0 Å². The second kappa shape index (κ2) is 4.40. The van der Waals surface area contributed by atoms with Crippen molar-refractivity contribution >= 4 is 0 Å². The number of β-amino-alcohol motifs (C(OH)–C–C–N with tert-alkyl or cyclic N) is 1. The highest BCUT2D eigenvalue weighted by molar-refractivity contribution is 4.89. The number of hydrogen-bond acceptors (Lipinski definition) is 3. The van der Waals surface area contributed by atoms with Crippen LogP contribution in [0.15, 0.2) is 0 Å². The van der Waals surface area contributed by atoms with Crippen LogP contribution < -0.4 is 0 Å². The van der Waals surface area contributed by atoms with Gasteiger partial charge in [-0.2, -0.15) is 0 Å². The van der Waals surface area contributed by atoms with Crippen molar-refractivity contribution in [3.63, 3.8) is 0 Å². The van der Waals surface area contributed by atoms with Crippen LogP contribution in [-0.4, -0.2) is 47.4 Å². The van der Waals surface area contributed by atoms with Gasteiger partial charge in [0.2, 0.25) is 0 Å². The van der Waals surface area contributed by atoms with E-state index in [2.05, 4.69) is 18.7 Å². The zero-order chi connectivity index (χ0) is 10.9. The van der Waals surface area contributed by atoms with Crippen LogP contribution in [0.1, 0.15) is 39.5 Å². The minimum atomic E-state index is -0.406. The van der Waals surface area contributed by atoms with Crippen molar-refractivity contribution in [1.82, 2.24) is 4.90 Å². The first kappa shape index (κ1) is 11.4. The lowest BCUT2D eigenvalue weighted by Gasteiger charge is -2.39. The molecule has 2 unspecified atom stereocenters. The highest BCUT2D eigenvalue weighted by Gasteiger charge is 2.35. The Morgan fingerprint density at radius 2 is 1.73 bits per heavy atom. The Morgan fingerprint density at radius 3 is 2.27 bits per heavy atom. The summed E-state index contributed by atoms with van der Waals surface area (Å²) in [7, 11) is 0. The predicted molar refractivity (Wildman–Crippen MR) is 59.9 cm³/mol. The Bertz CT molecular complexity index is 204. The standard InChI is InChI=1S/C12H23NO2/c1-10-7-13(8-11(2)15-10)9-12(14)5-3-4-6-12/h10-11,14H,3-9H2,1-2H3. The van der Waals surface area contributed by atoms with E-state index in [1.54, 1.807) is 0 Å². The average molecular weight is 213 g/mol. The maximum Gasteiger partial charge on any atom is 0.0774 e. The normalized spacial score (nSPS) is 37.0. The number of rotatable bonds is 2. The molecule has 0 aromatic heterocycles. The van der Waals surface area contributed by atoms with E-state index in [4.69, 9.17) is 4.74 Å². The Hall–Kier alpha value is -0.120. The summed E-state index contributed by atoms with van der Waals surface area (Å²) in [5.74, 6) is 0. The molecule has 2 rings (SSSR count). The van der Waals surface area contributed by atoms with E-state index in [1.807, 2.05) is 0 Å². The molecule has 0 aromatic rings. The Balaban J connectivity index is 1.87. The molecular weight excluding hydrogens is 190 g/mol. The van der Waals surface area contributed by atoms with Crippen molar-refractivity contribution in [2.75, 3.05) is 19.6 Å². The molecule has 3 nitrogen and oxygen atoms in total. The number of morpholine rings is 1. The molecule has 2 fully saturated rings. The fourth-order valence-electron chi connectivity index (χ4n) is 3.02. The van der Waals surface area contributed by atoms with E-state index in [0.717, 1.165) is 32.5 Å². The van der Waals surface area contributed by atoms with Crippen LogP contribution in [0.4, 0.5) is 0 Å². The fraction of sp³-hybridized carbons (Fsp3) is 1.00. The van der Waals surface area contributed by atoms with Crippen LogP contribution in [0.2, 0.25) is 0 Å². The molecule has 0 bridgehead atoms. The number of ether oxygens (including phenoxy) is 1. The van der Waals surface area contributed by atoms with E-state index < -0.39 is 5.60 Å². The van der Waals surface area contributed by atoms with E-state index >= 15 is 0 Å². The molecule has 0 radical (unpaired) electrons. The lowest BCUT2D eigenvalue weighted by Crippen LogP contribution is -2.51. The molecule has 1 heterocycles. The van der Waals surface area contributed by atoms with Crippen molar-refractivity contribution in [2.24, 2.45) is 0 Å². The number of aliphatic hydroxyl groups is 1.